The van der Waals surface area contributed by atoms with E-state index in [4.69, 9.17) is 0 Å². The normalized spacial score (nSPS) is 16.4. The number of anilines is 2. The molecule has 23 heavy (non-hydrogen) atoms. The zero-order valence-corrected chi connectivity index (χ0v) is 12.3. The van der Waals surface area contributed by atoms with Gasteiger partial charge in [-0.2, -0.15) is 8.42 Å². The Labute approximate surface area is 129 Å². The van der Waals surface area contributed by atoms with E-state index >= 15 is 0 Å². The van der Waals surface area contributed by atoms with Crippen molar-refractivity contribution < 1.29 is 22.7 Å². The average molecular weight is 342 g/mol. The molecular formula is C11H11FN6O4S. The predicted octanol–water partition coefficient (Wildman–Crippen LogP) is -0.558. The summed E-state index contributed by atoms with van der Waals surface area (Å²) in [5.74, 6) is -2.10. The van der Waals surface area contributed by atoms with E-state index < -0.39 is 39.9 Å². The van der Waals surface area contributed by atoms with Gasteiger partial charge in [0.05, 0.1) is 0 Å². The fourth-order valence-electron chi connectivity index (χ4n) is 2.11. The predicted molar refractivity (Wildman–Crippen MR) is 76.2 cm³/mol. The molecule has 1 aromatic carbocycles. The van der Waals surface area contributed by atoms with Crippen molar-refractivity contribution in [1.82, 2.24) is 19.9 Å². The first-order chi connectivity index (χ1) is 10.9. The van der Waals surface area contributed by atoms with Crippen LogP contribution in [0.5, 0.6) is 5.75 Å². The smallest absolute Gasteiger partial charge is 0.326 e. The molecule has 0 atom stereocenters. The Balaban J connectivity index is 1.87. The summed E-state index contributed by atoms with van der Waals surface area (Å²) in [5, 5.41) is 19.0. The molecule has 122 valence electrons. The summed E-state index contributed by atoms with van der Waals surface area (Å²) in [5.41, 5.74) is -0.241. The number of aromatic hydroxyl groups is 1. The topological polar surface area (TPSA) is 140 Å². The number of nitrogens with zero attached hydrogens (tertiary/aromatic N) is 3. The van der Waals surface area contributed by atoms with Crippen LogP contribution in [-0.4, -0.2) is 41.2 Å². The lowest BCUT2D eigenvalue weighted by Crippen LogP contribution is -2.30. The van der Waals surface area contributed by atoms with E-state index in [2.05, 4.69) is 20.5 Å². The summed E-state index contributed by atoms with van der Waals surface area (Å²) in [6.45, 7) is -0.492. The van der Waals surface area contributed by atoms with Crippen LogP contribution in [0, 0.1) is 5.82 Å². The molecule has 0 radical (unpaired) electrons. The lowest BCUT2D eigenvalue weighted by atomic mass is 10.1. The Morgan fingerprint density at radius 2 is 2.22 bits per heavy atom. The van der Waals surface area contributed by atoms with Crippen LogP contribution in [0.15, 0.2) is 18.5 Å². The third kappa shape index (κ3) is 2.88. The van der Waals surface area contributed by atoms with E-state index in [0.717, 1.165) is 6.07 Å². The first-order valence-electron chi connectivity index (χ1n) is 6.31. The number of halogens is 1. The molecule has 0 unspecified atom stereocenters. The fraction of sp³-hybridized carbons (Fsp3) is 0.182. The Kier molecular flexibility index (Phi) is 3.52. The summed E-state index contributed by atoms with van der Waals surface area (Å²) >= 11 is 0. The second-order valence-electron chi connectivity index (χ2n) is 4.66. The van der Waals surface area contributed by atoms with Crippen LogP contribution in [0.4, 0.5) is 16.0 Å². The molecule has 1 amide bonds. The van der Waals surface area contributed by atoms with E-state index in [-0.39, 0.29) is 12.5 Å². The molecule has 1 aliphatic heterocycles. The van der Waals surface area contributed by atoms with E-state index in [1.54, 1.807) is 4.72 Å². The number of carbonyl (C=O) groups is 1. The molecule has 0 bridgehead atoms. The molecule has 2 heterocycles. The number of phenols is 1. The number of phenolic OH excluding ortho intramolecular Hbond substituents is 1. The molecule has 1 aromatic heterocycles. The quantitative estimate of drug-likeness (QED) is 0.584. The van der Waals surface area contributed by atoms with Crippen LogP contribution in [0.25, 0.3) is 0 Å². The highest BCUT2D eigenvalue weighted by Gasteiger charge is 2.37. The minimum atomic E-state index is -4.20. The van der Waals surface area contributed by atoms with E-state index in [1.807, 2.05) is 0 Å². The summed E-state index contributed by atoms with van der Waals surface area (Å²) < 4.78 is 39.9. The van der Waals surface area contributed by atoms with Crippen molar-refractivity contribution in [2.24, 2.45) is 0 Å². The van der Waals surface area contributed by atoms with Gasteiger partial charge in [0.1, 0.15) is 24.3 Å². The Morgan fingerprint density at radius 1 is 1.43 bits per heavy atom. The molecular weight excluding hydrogens is 331 g/mol. The van der Waals surface area contributed by atoms with Crippen molar-refractivity contribution in [3.05, 3.63) is 29.8 Å². The Bertz CT molecular complexity index is 830. The number of aromatic nitrogens is 3. The van der Waals surface area contributed by atoms with Crippen molar-refractivity contribution in [1.29, 1.82) is 0 Å². The molecule has 1 saturated heterocycles. The van der Waals surface area contributed by atoms with Crippen LogP contribution in [0.1, 0.15) is 5.56 Å². The molecule has 0 aliphatic carbocycles. The van der Waals surface area contributed by atoms with Crippen molar-refractivity contribution in [2.45, 2.75) is 6.54 Å². The number of aromatic amines is 1. The highest BCUT2D eigenvalue weighted by Crippen LogP contribution is 2.34. The number of benzene rings is 1. The van der Waals surface area contributed by atoms with Crippen LogP contribution in [0.2, 0.25) is 0 Å². The SMILES string of the molecule is O=C1CN(c2c(O)cc(CNc3nc[nH]n3)cc2F)S(=O)(=O)N1. The molecule has 2 aromatic rings. The van der Waals surface area contributed by atoms with E-state index in [0.29, 0.717) is 9.87 Å². The summed E-state index contributed by atoms with van der Waals surface area (Å²) in [7, 11) is -4.20. The van der Waals surface area contributed by atoms with Crippen LogP contribution >= 0.6 is 0 Å². The second-order valence-corrected chi connectivity index (χ2v) is 6.25. The summed E-state index contributed by atoms with van der Waals surface area (Å²) in [6.07, 6.45) is 1.35. The lowest BCUT2D eigenvalue weighted by Gasteiger charge is -2.17. The molecule has 3 rings (SSSR count). The van der Waals surface area contributed by atoms with Crippen molar-refractivity contribution in [2.75, 3.05) is 16.2 Å². The Hall–Kier alpha value is -2.89. The number of nitrogens with one attached hydrogen (secondary N) is 3. The van der Waals surface area contributed by atoms with E-state index in [1.165, 1.54) is 12.4 Å². The van der Waals surface area contributed by atoms with Gasteiger partial charge in [-0.1, -0.05) is 0 Å². The zero-order chi connectivity index (χ0) is 16.6. The monoisotopic (exact) mass is 342 g/mol. The number of H-pyrrole nitrogens is 1. The molecule has 10 nitrogen and oxygen atoms in total. The average Bonchev–Trinajstić information content (AvgIpc) is 3.04. The molecule has 1 fully saturated rings. The van der Waals surface area contributed by atoms with Gasteiger partial charge in [-0.25, -0.2) is 18.4 Å². The number of rotatable bonds is 4. The van der Waals surface area contributed by atoms with Gasteiger partial charge in [-0.05, 0) is 17.7 Å². The molecule has 0 spiro atoms. The minimum absolute atomic E-state index is 0.104. The zero-order valence-electron chi connectivity index (χ0n) is 11.4. The highest BCUT2D eigenvalue weighted by atomic mass is 32.2. The number of hydrogen-bond acceptors (Lipinski definition) is 7. The maximum atomic E-state index is 14.2. The van der Waals surface area contributed by atoms with Crippen LogP contribution < -0.4 is 14.3 Å². The first kappa shape index (κ1) is 15.0. The highest BCUT2D eigenvalue weighted by molar-refractivity contribution is 7.92. The van der Waals surface area contributed by atoms with Gasteiger partial charge in [0.2, 0.25) is 5.95 Å². The van der Waals surface area contributed by atoms with Crippen LogP contribution in [0.3, 0.4) is 0 Å². The molecule has 4 N–H and O–H groups in total. The van der Waals surface area contributed by atoms with Gasteiger partial charge < -0.3 is 10.4 Å². The van der Waals surface area contributed by atoms with Gasteiger partial charge in [-0.15, -0.1) is 5.10 Å². The fourth-order valence-corrected chi connectivity index (χ4v) is 3.28. The van der Waals surface area contributed by atoms with Gasteiger partial charge in [0.15, 0.2) is 5.82 Å². The van der Waals surface area contributed by atoms with Crippen LogP contribution in [-0.2, 0) is 21.5 Å². The third-order valence-electron chi connectivity index (χ3n) is 3.04. The minimum Gasteiger partial charge on any atom is -0.506 e. The Morgan fingerprint density at radius 3 is 2.78 bits per heavy atom. The molecule has 12 heteroatoms. The molecule has 1 aliphatic rings. The number of amides is 1. The standard InChI is InChI=1S/C11H11FN6O4S/c12-7-1-6(3-13-11-14-5-15-16-11)2-8(19)10(7)18-4-9(20)17-23(18,21)22/h1-2,5,19H,3-4H2,(H,17,20)(H2,13,14,15,16). The maximum Gasteiger partial charge on any atom is 0.326 e. The van der Waals surface area contributed by atoms with Crippen molar-refractivity contribution in [3.8, 4) is 5.75 Å². The third-order valence-corrected chi connectivity index (χ3v) is 4.42. The summed E-state index contributed by atoms with van der Waals surface area (Å²) in [6, 6.07) is 2.24. The van der Waals surface area contributed by atoms with Gasteiger partial charge in [0.25, 0.3) is 5.91 Å². The van der Waals surface area contributed by atoms with E-state index in [9.17, 15) is 22.7 Å². The maximum absolute atomic E-state index is 14.2. The van der Waals surface area contributed by atoms with Crippen molar-refractivity contribution in [3.63, 3.8) is 0 Å². The second kappa shape index (κ2) is 5.39. The lowest BCUT2D eigenvalue weighted by molar-refractivity contribution is -0.117. The largest absolute Gasteiger partial charge is 0.506 e. The number of hydrogen-bond donors (Lipinski definition) is 4. The summed E-state index contributed by atoms with van der Waals surface area (Å²) in [4.78, 5) is 15.0. The van der Waals surface area contributed by atoms with Gasteiger partial charge in [-0.3, -0.25) is 9.89 Å². The first-order valence-corrected chi connectivity index (χ1v) is 7.75. The van der Waals surface area contributed by atoms with Crippen molar-refractivity contribution >= 4 is 27.8 Å². The van der Waals surface area contributed by atoms with Gasteiger partial charge in [0, 0.05) is 6.54 Å². The van der Waals surface area contributed by atoms with Gasteiger partial charge >= 0.3 is 10.2 Å². The molecule has 0 saturated carbocycles. The number of carbonyl (C=O) groups excluding carboxylic acids is 1.